The van der Waals surface area contributed by atoms with E-state index in [2.05, 4.69) is 15.5 Å². The van der Waals surface area contributed by atoms with Gasteiger partial charge in [-0.2, -0.15) is 0 Å². The first kappa shape index (κ1) is 30.5. The van der Waals surface area contributed by atoms with Crippen LogP contribution >= 0.6 is 0 Å². The van der Waals surface area contributed by atoms with Crippen LogP contribution in [0, 0.1) is 23.5 Å². The summed E-state index contributed by atoms with van der Waals surface area (Å²) in [5.41, 5.74) is 2.20. The number of Topliss-reactive ketones (excluding diaryl/α,β-unsaturated/α-hetero) is 2. The number of hydrogen-bond donors (Lipinski definition) is 3. The number of rotatable bonds is 9. The second-order valence-corrected chi connectivity index (χ2v) is 10.7. The molecule has 3 aromatic rings. The number of β-amino-alcohol motifs (C(OH)–C–C–N with tert-alkyl or cyclic N) is 1. The average Bonchev–Trinajstić information content (AvgIpc) is 3.02. The van der Waals surface area contributed by atoms with E-state index in [1.54, 1.807) is 24.3 Å². The summed E-state index contributed by atoms with van der Waals surface area (Å²) >= 11 is 0. The number of benzene rings is 3. The van der Waals surface area contributed by atoms with Crippen molar-refractivity contribution in [2.45, 2.75) is 31.8 Å². The van der Waals surface area contributed by atoms with E-state index in [0.717, 1.165) is 57.5 Å². The van der Waals surface area contributed by atoms with Crippen molar-refractivity contribution in [2.75, 3.05) is 44.6 Å². The Balaban J connectivity index is 0.000000218. The zero-order chi connectivity index (χ0) is 29.0. The Bertz CT molecular complexity index is 1220. The number of nitrogens with one attached hydrogen (secondary N) is 2. The normalized spacial score (nSPS) is 17.2. The molecule has 3 N–H and O–H groups in total. The second-order valence-electron chi connectivity index (χ2n) is 10.7. The van der Waals surface area contributed by atoms with Crippen molar-refractivity contribution in [3.63, 3.8) is 0 Å². The Hall–Kier alpha value is -3.46. The molecule has 6 nitrogen and oxygen atoms in total. The highest BCUT2D eigenvalue weighted by Gasteiger charge is 2.26. The number of hydrogen-bond acceptors (Lipinski definition) is 6. The van der Waals surface area contributed by atoms with Crippen LogP contribution in [0.1, 0.15) is 46.4 Å². The van der Waals surface area contributed by atoms with Gasteiger partial charge < -0.3 is 20.6 Å². The van der Waals surface area contributed by atoms with Crippen molar-refractivity contribution >= 4 is 17.3 Å². The van der Waals surface area contributed by atoms with Gasteiger partial charge in [0.2, 0.25) is 0 Å². The zero-order valence-corrected chi connectivity index (χ0v) is 23.3. The molecule has 3 aromatic carbocycles. The minimum Gasteiger partial charge on any atom is -0.390 e. The summed E-state index contributed by atoms with van der Waals surface area (Å²) in [7, 11) is 0. The van der Waals surface area contributed by atoms with Crippen LogP contribution in [-0.2, 0) is 0 Å². The van der Waals surface area contributed by atoms with Crippen molar-refractivity contribution in [3.8, 4) is 0 Å². The lowest BCUT2D eigenvalue weighted by molar-refractivity contribution is 0.0751. The lowest BCUT2D eigenvalue weighted by atomic mass is 9.89. The third-order valence-corrected chi connectivity index (χ3v) is 7.71. The van der Waals surface area contributed by atoms with Crippen LogP contribution in [0.3, 0.4) is 0 Å². The minimum absolute atomic E-state index is 0.0173. The van der Waals surface area contributed by atoms with Crippen molar-refractivity contribution in [1.82, 2.24) is 10.2 Å². The van der Waals surface area contributed by atoms with Crippen LogP contribution in [0.2, 0.25) is 0 Å². The highest BCUT2D eigenvalue weighted by molar-refractivity contribution is 5.98. The summed E-state index contributed by atoms with van der Waals surface area (Å²) in [4.78, 5) is 26.7. The number of halogens is 2. The molecule has 2 heterocycles. The number of nitrogens with zero attached hydrogens (tertiary/aromatic N) is 1. The summed E-state index contributed by atoms with van der Waals surface area (Å²) in [6, 6.07) is 21.4. The Morgan fingerprint density at radius 2 is 1.27 bits per heavy atom. The Morgan fingerprint density at radius 3 is 1.78 bits per heavy atom. The van der Waals surface area contributed by atoms with Crippen LogP contribution in [0.4, 0.5) is 14.5 Å². The largest absolute Gasteiger partial charge is 0.390 e. The van der Waals surface area contributed by atoms with Gasteiger partial charge in [-0.1, -0.05) is 18.2 Å². The molecular weight excluding hydrogens is 524 g/mol. The van der Waals surface area contributed by atoms with Crippen LogP contribution in [-0.4, -0.2) is 66.9 Å². The fraction of sp³-hybridized carbons (Fsp3) is 0.394. The molecule has 1 atom stereocenters. The lowest BCUT2D eigenvalue weighted by Gasteiger charge is -2.32. The third-order valence-electron chi connectivity index (χ3n) is 7.71. The third kappa shape index (κ3) is 9.56. The van der Waals surface area contributed by atoms with Gasteiger partial charge in [0, 0.05) is 41.7 Å². The van der Waals surface area contributed by atoms with E-state index in [0.29, 0.717) is 24.2 Å². The highest BCUT2D eigenvalue weighted by atomic mass is 19.1. The molecule has 8 heteroatoms. The van der Waals surface area contributed by atoms with E-state index in [1.807, 2.05) is 30.3 Å². The maximum atomic E-state index is 13.0. The van der Waals surface area contributed by atoms with Gasteiger partial charge in [0.15, 0.2) is 11.6 Å². The Labute approximate surface area is 240 Å². The quantitative estimate of drug-likeness (QED) is 0.311. The predicted molar refractivity (Wildman–Crippen MR) is 157 cm³/mol. The molecule has 0 aliphatic carbocycles. The second kappa shape index (κ2) is 15.5. The molecule has 2 aliphatic heterocycles. The van der Waals surface area contributed by atoms with Gasteiger partial charge in [0.1, 0.15) is 11.6 Å². The van der Waals surface area contributed by atoms with E-state index in [4.69, 9.17) is 0 Å². The number of aliphatic hydroxyl groups excluding tert-OH is 1. The van der Waals surface area contributed by atoms with E-state index in [1.165, 1.54) is 24.3 Å². The summed E-state index contributed by atoms with van der Waals surface area (Å²) < 4.78 is 25.7. The van der Waals surface area contributed by atoms with Crippen molar-refractivity contribution in [3.05, 3.63) is 102 Å². The Kier molecular flexibility index (Phi) is 11.5. The predicted octanol–water partition coefficient (Wildman–Crippen LogP) is 5.20. The molecule has 0 amide bonds. The summed E-state index contributed by atoms with van der Waals surface area (Å²) in [6.45, 7) is 4.48. The molecule has 0 spiro atoms. The average molecular weight is 564 g/mol. The van der Waals surface area contributed by atoms with Gasteiger partial charge in [0.05, 0.1) is 6.10 Å². The highest BCUT2D eigenvalue weighted by Crippen LogP contribution is 2.22. The first-order valence-corrected chi connectivity index (χ1v) is 14.4. The number of para-hydroxylation sites is 1. The van der Waals surface area contributed by atoms with Crippen LogP contribution in [0.25, 0.3) is 0 Å². The minimum atomic E-state index is -0.459. The number of carbonyl (C=O) groups is 2. The SMILES string of the molecule is O=C(c1ccc(F)cc1)C1CCN(CC(O)CNc2ccccc2)CC1.O=C(c1ccc(F)cc1)C1CCNCC1. The number of aliphatic hydroxyl groups is 1. The molecule has 41 heavy (non-hydrogen) atoms. The fourth-order valence-electron chi connectivity index (χ4n) is 5.32. The van der Waals surface area contributed by atoms with Crippen LogP contribution in [0.5, 0.6) is 0 Å². The molecule has 1 unspecified atom stereocenters. The molecular formula is C33H39F2N3O3. The van der Waals surface area contributed by atoms with Gasteiger partial charge in [0.25, 0.3) is 0 Å². The van der Waals surface area contributed by atoms with E-state index in [-0.39, 0.29) is 35.0 Å². The van der Waals surface area contributed by atoms with Gasteiger partial charge in [-0.3, -0.25) is 9.59 Å². The number of carbonyl (C=O) groups excluding carboxylic acids is 2. The number of ketones is 2. The molecule has 0 aromatic heterocycles. The molecule has 0 bridgehead atoms. The van der Waals surface area contributed by atoms with Gasteiger partial charge in [-0.15, -0.1) is 0 Å². The van der Waals surface area contributed by atoms with Gasteiger partial charge >= 0.3 is 0 Å². The molecule has 0 saturated carbocycles. The Morgan fingerprint density at radius 1 is 0.780 bits per heavy atom. The number of anilines is 1. The molecule has 5 rings (SSSR count). The van der Waals surface area contributed by atoms with E-state index in [9.17, 15) is 23.5 Å². The van der Waals surface area contributed by atoms with E-state index < -0.39 is 6.10 Å². The zero-order valence-electron chi connectivity index (χ0n) is 23.3. The van der Waals surface area contributed by atoms with Crippen molar-refractivity contribution < 1.29 is 23.5 Å². The number of likely N-dealkylation sites (tertiary alicyclic amines) is 1. The summed E-state index contributed by atoms with van der Waals surface area (Å²) in [6.07, 6.45) is 2.86. The number of piperidine rings is 2. The standard InChI is InChI=1S/C21H25FN2O2.C12H14FNO/c22-18-8-6-16(7-9-18)21(26)17-10-12-24(13-11-17)15-20(25)14-23-19-4-2-1-3-5-19;13-11-3-1-9(2-4-11)12(15)10-5-7-14-8-6-10/h1-9,17,20,23,25H,10-15H2;1-4,10,14H,5-8H2. The molecule has 2 saturated heterocycles. The maximum Gasteiger partial charge on any atom is 0.166 e. The van der Waals surface area contributed by atoms with Crippen molar-refractivity contribution in [2.24, 2.45) is 11.8 Å². The molecule has 0 radical (unpaired) electrons. The first-order chi connectivity index (χ1) is 19.9. The van der Waals surface area contributed by atoms with Gasteiger partial charge in [-0.05, 0) is 113 Å². The van der Waals surface area contributed by atoms with Crippen LogP contribution < -0.4 is 10.6 Å². The van der Waals surface area contributed by atoms with Crippen LogP contribution in [0.15, 0.2) is 78.9 Å². The molecule has 2 fully saturated rings. The smallest absolute Gasteiger partial charge is 0.166 e. The molecule has 2 aliphatic rings. The first-order valence-electron chi connectivity index (χ1n) is 14.4. The lowest BCUT2D eigenvalue weighted by Crippen LogP contribution is -2.42. The molecule has 218 valence electrons. The monoisotopic (exact) mass is 563 g/mol. The fourth-order valence-corrected chi connectivity index (χ4v) is 5.32. The summed E-state index contributed by atoms with van der Waals surface area (Å²) in [5.74, 6) is -0.285. The van der Waals surface area contributed by atoms with Gasteiger partial charge in [-0.25, -0.2) is 8.78 Å². The maximum absolute atomic E-state index is 13.0. The van der Waals surface area contributed by atoms with E-state index >= 15 is 0 Å². The topological polar surface area (TPSA) is 81.7 Å². The van der Waals surface area contributed by atoms with Crippen molar-refractivity contribution in [1.29, 1.82) is 0 Å². The summed E-state index contributed by atoms with van der Waals surface area (Å²) in [5, 5.41) is 16.7.